The monoisotopic (exact) mass is 194 g/mol. The van der Waals surface area contributed by atoms with Crippen LogP contribution in [0.4, 0.5) is 0 Å². The molecule has 0 radical (unpaired) electrons. The highest BCUT2D eigenvalue weighted by Gasteiger charge is 2.27. The van der Waals surface area contributed by atoms with Gasteiger partial charge in [0.05, 0.1) is 0 Å². The Labute approximate surface area is 83.5 Å². The molecule has 0 N–H and O–H groups in total. The van der Waals surface area contributed by atoms with E-state index in [1.165, 1.54) is 5.56 Å². The summed E-state index contributed by atoms with van der Waals surface area (Å²) in [5.41, 5.74) is 2.19. The van der Waals surface area contributed by atoms with E-state index in [0.29, 0.717) is 0 Å². The van der Waals surface area contributed by atoms with Crippen molar-refractivity contribution in [2.45, 2.75) is 32.8 Å². The van der Waals surface area contributed by atoms with Crippen LogP contribution in [0.15, 0.2) is 24.3 Å². The van der Waals surface area contributed by atoms with Gasteiger partial charge in [-0.2, -0.15) is 4.89 Å². The molecule has 2 rings (SSSR count). The third-order valence-electron chi connectivity index (χ3n) is 2.17. The van der Waals surface area contributed by atoms with Crippen molar-refractivity contribution in [3.05, 3.63) is 35.4 Å². The lowest BCUT2D eigenvalue weighted by atomic mass is 10.1. The number of benzene rings is 1. The lowest BCUT2D eigenvalue weighted by molar-refractivity contribution is -0.298. The van der Waals surface area contributed by atoms with E-state index in [9.17, 15) is 0 Å². The SMILES string of the molecule is CC[C@@H]1OO[C@@H](c2cccc(C)c2)O1. The van der Waals surface area contributed by atoms with Crippen molar-refractivity contribution in [2.75, 3.05) is 0 Å². The zero-order valence-electron chi connectivity index (χ0n) is 8.40. The fraction of sp³-hybridized carbons (Fsp3) is 0.455. The lowest BCUT2D eigenvalue weighted by Gasteiger charge is -2.07. The summed E-state index contributed by atoms with van der Waals surface area (Å²) in [5.74, 6) is 0. The van der Waals surface area contributed by atoms with Crippen LogP contribution in [-0.2, 0) is 14.5 Å². The average molecular weight is 194 g/mol. The molecule has 0 aromatic heterocycles. The Kier molecular flexibility index (Phi) is 2.82. The number of hydrogen-bond acceptors (Lipinski definition) is 3. The molecule has 3 heteroatoms. The highest BCUT2D eigenvalue weighted by atomic mass is 17.3. The van der Waals surface area contributed by atoms with Crippen LogP contribution >= 0.6 is 0 Å². The minimum Gasteiger partial charge on any atom is -0.313 e. The number of hydrogen-bond donors (Lipinski definition) is 0. The minimum atomic E-state index is -0.375. The van der Waals surface area contributed by atoms with Gasteiger partial charge in [0.15, 0.2) is 6.29 Å². The molecule has 3 nitrogen and oxygen atoms in total. The fourth-order valence-electron chi connectivity index (χ4n) is 1.41. The summed E-state index contributed by atoms with van der Waals surface area (Å²) in [7, 11) is 0. The molecule has 1 saturated heterocycles. The molecular weight excluding hydrogens is 180 g/mol. The van der Waals surface area contributed by atoms with Gasteiger partial charge >= 0.3 is 0 Å². The predicted octanol–water partition coefficient (Wildman–Crippen LogP) is 2.71. The highest BCUT2D eigenvalue weighted by Crippen LogP contribution is 2.29. The van der Waals surface area contributed by atoms with Crippen LogP contribution in [-0.4, -0.2) is 6.29 Å². The standard InChI is InChI=1S/C11H14O3/c1-3-10-12-11(14-13-10)9-6-4-5-8(2)7-9/h4-7,10-11H,3H2,1-2H3/t10-,11-/m0/s1. The molecule has 1 aliphatic rings. The molecule has 2 atom stereocenters. The molecule has 0 unspecified atom stereocenters. The van der Waals surface area contributed by atoms with Gasteiger partial charge in [0, 0.05) is 5.56 Å². The van der Waals surface area contributed by atoms with Crippen LogP contribution in [0.5, 0.6) is 0 Å². The van der Waals surface area contributed by atoms with E-state index in [4.69, 9.17) is 14.5 Å². The van der Waals surface area contributed by atoms with E-state index in [1.807, 2.05) is 38.1 Å². The van der Waals surface area contributed by atoms with Crippen molar-refractivity contribution in [1.82, 2.24) is 0 Å². The summed E-state index contributed by atoms with van der Waals surface area (Å²) < 4.78 is 5.51. The first kappa shape index (κ1) is 9.65. The van der Waals surface area contributed by atoms with Gasteiger partial charge in [-0.3, -0.25) is 0 Å². The van der Waals surface area contributed by atoms with E-state index in [-0.39, 0.29) is 12.6 Å². The van der Waals surface area contributed by atoms with Gasteiger partial charge in [-0.05, 0) is 13.3 Å². The average Bonchev–Trinajstić information content (AvgIpc) is 2.66. The summed E-state index contributed by atoms with van der Waals surface area (Å²) in [4.78, 5) is 10.1. The summed E-state index contributed by atoms with van der Waals surface area (Å²) >= 11 is 0. The van der Waals surface area contributed by atoms with Crippen molar-refractivity contribution in [3.63, 3.8) is 0 Å². The van der Waals surface area contributed by atoms with Gasteiger partial charge in [0.25, 0.3) is 0 Å². The van der Waals surface area contributed by atoms with E-state index < -0.39 is 0 Å². The topological polar surface area (TPSA) is 27.7 Å². The first-order valence-electron chi connectivity index (χ1n) is 4.83. The van der Waals surface area contributed by atoms with Crippen molar-refractivity contribution in [2.24, 2.45) is 0 Å². The number of aryl methyl sites for hydroxylation is 1. The Morgan fingerprint density at radius 3 is 2.79 bits per heavy atom. The Morgan fingerprint density at radius 1 is 1.29 bits per heavy atom. The van der Waals surface area contributed by atoms with Crippen LogP contribution in [0, 0.1) is 6.92 Å². The molecule has 1 aromatic carbocycles. The van der Waals surface area contributed by atoms with Gasteiger partial charge in [-0.15, -0.1) is 0 Å². The molecule has 0 amide bonds. The van der Waals surface area contributed by atoms with Crippen LogP contribution < -0.4 is 0 Å². The molecule has 1 heterocycles. The van der Waals surface area contributed by atoms with Crippen LogP contribution in [0.3, 0.4) is 0 Å². The molecule has 1 aliphatic heterocycles. The second kappa shape index (κ2) is 4.09. The predicted molar refractivity (Wildman–Crippen MR) is 51.3 cm³/mol. The lowest BCUT2D eigenvalue weighted by Crippen LogP contribution is -2.05. The van der Waals surface area contributed by atoms with Gasteiger partial charge in [0.1, 0.15) is 0 Å². The number of rotatable bonds is 2. The molecule has 0 saturated carbocycles. The third-order valence-corrected chi connectivity index (χ3v) is 2.17. The van der Waals surface area contributed by atoms with Crippen molar-refractivity contribution in [1.29, 1.82) is 0 Å². The second-order valence-corrected chi connectivity index (χ2v) is 3.41. The van der Waals surface area contributed by atoms with Crippen molar-refractivity contribution in [3.8, 4) is 0 Å². The maximum Gasteiger partial charge on any atom is 0.220 e. The van der Waals surface area contributed by atoms with Crippen molar-refractivity contribution >= 4 is 0 Å². The summed E-state index contributed by atoms with van der Waals surface area (Å²) in [5, 5.41) is 0. The Bertz CT molecular complexity index is 311. The maximum atomic E-state index is 5.51. The quantitative estimate of drug-likeness (QED) is 0.677. The smallest absolute Gasteiger partial charge is 0.220 e. The van der Waals surface area contributed by atoms with E-state index in [0.717, 1.165) is 12.0 Å². The maximum absolute atomic E-state index is 5.51. The number of ether oxygens (including phenoxy) is 1. The van der Waals surface area contributed by atoms with Gasteiger partial charge in [-0.25, -0.2) is 4.89 Å². The molecule has 0 spiro atoms. The Morgan fingerprint density at radius 2 is 2.14 bits per heavy atom. The van der Waals surface area contributed by atoms with E-state index in [1.54, 1.807) is 0 Å². The zero-order valence-corrected chi connectivity index (χ0v) is 8.40. The first-order chi connectivity index (χ1) is 6.79. The minimum absolute atomic E-state index is 0.236. The largest absolute Gasteiger partial charge is 0.313 e. The molecule has 1 fully saturated rings. The van der Waals surface area contributed by atoms with Crippen LogP contribution in [0.1, 0.15) is 30.8 Å². The summed E-state index contributed by atoms with van der Waals surface area (Å²) in [6, 6.07) is 8.03. The third kappa shape index (κ3) is 1.95. The van der Waals surface area contributed by atoms with Crippen LogP contribution in [0.25, 0.3) is 0 Å². The Balaban J connectivity index is 2.09. The molecule has 0 bridgehead atoms. The van der Waals surface area contributed by atoms with Gasteiger partial charge in [0.2, 0.25) is 6.29 Å². The van der Waals surface area contributed by atoms with E-state index in [2.05, 4.69) is 0 Å². The molecular formula is C11H14O3. The fourth-order valence-corrected chi connectivity index (χ4v) is 1.41. The van der Waals surface area contributed by atoms with Gasteiger partial charge in [-0.1, -0.05) is 36.8 Å². The zero-order chi connectivity index (χ0) is 9.97. The highest BCUT2D eigenvalue weighted by molar-refractivity contribution is 5.23. The second-order valence-electron chi connectivity index (χ2n) is 3.41. The van der Waals surface area contributed by atoms with Gasteiger partial charge < -0.3 is 4.74 Å². The molecule has 14 heavy (non-hydrogen) atoms. The summed E-state index contributed by atoms with van der Waals surface area (Å²) in [6.07, 6.45) is 0.183. The summed E-state index contributed by atoms with van der Waals surface area (Å²) in [6.45, 7) is 4.03. The molecule has 0 aliphatic carbocycles. The Hall–Kier alpha value is -0.900. The molecule has 76 valence electrons. The van der Waals surface area contributed by atoms with E-state index >= 15 is 0 Å². The normalized spacial score (nSPS) is 26.7. The molecule has 1 aromatic rings. The van der Waals surface area contributed by atoms with Crippen LogP contribution in [0.2, 0.25) is 0 Å². The van der Waals surface area contributed by atoms with Crippen molar-refractivity contribution < 1.29 is 14.5 Å². The first-order valence-corrected chi connectivity index (χ1v) is 4.83.